The van der Waals surface area contributed by atoms with Crippen LogP contribution in [-0.2, 0) is 0 Å². The van der Waals surface area contributed by atoms with Crippen LogP contribution < -0.4 is 16.4 Å². The molecule has 4 N–H and O–H groups in total. The molecule has 1 aromatic rings. The van der Waals surface area contributed by atoms with Crippen molar-refractivity contribution in [2.45, 2.75) is 39.5 Å². The van der Waals surface area contributed by atoms with Gasteiger partial charge in [-0.25, -0.2) is 0 Å². The van der Waals surface area contributed by atoms with Crippen molar-refractivity contribution in [3.8, 4) is 0 Å². The first-order valence-electron chi connectivity index (χ1n) is 7.47. The van der Waals surface area contributed by atoms with E-state index in [0.717, 1.165) is 36.3 Å². The summed E-state index contributed by atoms with van der Waals surface area (Å²) >= 11 is 0. The molecule has 0 saturated carbocycles. The van der Waals surface area contributed by atoms with E-state index in [1.807, 2.05) is 12.1 Å². The van der Waals surface area contributed by atoms with Crippen molar-refractivity contribution in [2.24, 2.45) is 11.8 Å². The summed E-state index contributed by atoms with van der Waals surface area (Å²) in [5, 5.41) is 0. The van der Waals surface area contributed by atoms with E-state index in [0.29, 0.717) is 5.69 Å². The SMILES string of the molecule is CC(C)CC1CCCN(c2cccc(N)c2N)CC1. The standard InChI is InChI=1S/C16H27N3/c1-12(2)11-13-5-4-9-19(10-8-13)15-7-3-6-14(17)16(15)18/h3,6-7,12-13H,4-5,8-11,17-18H2,1-2H3. The van der Waals surface area contributed by atoms with E-state index in [2.05, 4.69) is 24.8 Å². The fraction of sp³-hybridized carbons (Fsp3) is 0.625. The number of nitrogen functional groups attached to an aromatic ring is 2. The highest BCUT2D eigenvalue weighted by Gasteiger charge is 2.19. The molecular weight excluding hydrogens is 234 g/mol. The van der Waals surface area contributed by atoms with Crippen LogP contribution in [0.1, 0.15) is 39.5 Å². The highest BCUT2D eigenvalue weighted by Crippen LogP contribution is 2.32. The summed E-state index contributed by atoms with van der Waals surface area (Å²) in [4.78, 5) is 2.41. The van der Waals surface area contributed by atoms with Gasteiger partial charge in [0, 0.05) is 13.1 Å². The maximum atomic E-state index is 6.11. The van der Waals surface area contributed by atoms with Gasteiger partial charge in [0.15, 0.2) is 0 Å². The number of nitrogens with zero attached hydrogens (tertiary/aromatic N) is 1. The van der Waals surface area contributed by atoms with Crippen LogP contribution in [-0.4, -0.2) is 13.1 Å². The Morgan fingerprint density at radius 1 is 1.21 bits per heavy atom. The molecule has 1 aromatic carbocycles. The molecule has 3 heteroatoms. The van der Waals surface area contributed by atoms with Gasteiger partial charge in [0.05, 0.1) is 17.1 Å². The predicted molar refractivity (Wildman–Crippen MR) is 84.3 cm³/mol. The van der Waals surface area contributed by atoms with Gasteiger partial charge in [-0.1, -0.05) is 19.9 Å². The van der Waals surface area contributed by atoms with E-state index in [-0.39, 0.29) is 0 Å². The number of nitrogens with two attached hydrogens (primary N) is 2. The average Bonchev–Trinajstić information content (AvgIpc) is 2.58. The van der Waals surface area contributed by atoms with Crippen LogP contribution in [0, 0.1) is 11.8 Å². The third kappa shape index (κ3) is 3.55. The van der Waals surface area contributed by atoms with E-state index < -0.39 is 0 Å². The van der Waals surface area contributed by atoms with Crippen molar-refractivity contribution in [3.63, 3.8) is 0 Å². The molecule has 0 aromatic heterocycles. The Labute approximate surface area is 117 Å². The van der Waals surface area contributed by atoms with Crippen LogP contribution in [0.2, 0.25) is 0 Å². The second kappa shape index (κ2) is 6.18. The molecule has 1 aliphatic heterocycles. The van der Waals surface area contributed by atoms with Crippen LogP contribution >= 0.6 is 0 Å². The largest absolute Gasteiger partial charge is 0.397 e. The van der Waals surface area contributed by atoms with Crippen molar-refractivity contribution in [2.75, 3.05) is 29.5 Å². The smallest absolute Gasteiger partial charge is 0.0785 e. The van der Waals surface area contributed by atoms with Gasteiger partial charge < -0.3 is 16.4 Å². The minimum atomic E-state index is 0.695. The lowest BCUT2D eigenvalue weighted by molar-refractivity contribution is 0.378. The Morgan fingerprint density at radius 2 is 2.00 bits per heavy atom. The van der Waals surface area contributed by atoms with Crippen LogP contribution in [0.4, 0.5) is 17.1 Å². The molecule has 0 spiro atoms. The second-order valence-corrected chi connectivity index (χ2v) is 6.19. The summed E-state index contributed by atoms with van der Waals surface area (Å²) in [6, 6.07) is 5.96. The summed E-state index contributed by atoms with van der Waals surface area (Å²) in [7, 11) is 0. The second-order valence-electron chi connectivity index (χ2n) is 6.19. The quantitative estimate of drug-likeness (QED) is 0.819. The number of benzene rings is 1. The molecule has 0 amide bonds. The first-order valence-corrected chi connectivity index (χ1v) is 7.47. The van der Waals surface area contributed by atoms with Gasteiger partial charge in [-0.15, -0.1) is 0 Å². The van der Waals surface area contributed by atoms with E-state index in [9.17, 15) is 0 Å². The van der Waals surface area contributed by atoms with Crippen LogP contribution in [0.5, 0.6) is 0 Å². The van der Waals surface area contributed by atoms with Gasteiger partial charge >= 0.3 is 0 Å². The molecule has 2 rings (SSSR count). The Balaban J connectivity index is 2.04. The first kappa shape index (κ1) is 14.0. The van der Waals surface area contributed by atoms with Gasteiger partial charge in [-0.05, 0) is 49.7 Å². The van der Waals surface area contributed by atoms with Crippen molar-refractivity contribution in [1.29, 1.82) is 0 Å². The zero-order chi connectivity index (χ0) is 13.8. The fourth-order valence-electron chi connectivity index (χ4n) is 3.15. The number of hydrogen-bond acceptors (Lipinski definition) is 3. The minimum absolute atomic E-state index is 0.695. The summed E-state index contributed by atoms with van der Waals surface area (Å²) in [5.74, 6) is 1.67. The third-order valence-electron chi connectivity index (χ3n) is 4.11. The van der Waals surface area contributed by atoms with E-state index in [1.165, 1.54) is 25.7 Å². The summed E-state index contributed by atoms with van der Waals surface area (Å²) in [6.45, 7) is 6.84. The molecule has 1 aliphatic rings. The van der Waals surface area contributed by atoms with Gasteiger partial charge in [0.25, 0.3) is 0 Å². The predicted octanol–water partition coefficient (Wildman–Crippen LogP) is 3.50. The Bertz CT molecular complexity index is 414. The van der Waals surface area contributed by atoms with E-state index >= 15 is 0 Å². The summed E-state index contributed by atoms with van der Waals surface area (Å²) < 4.78 is 0. The maximum Gasteiger partial charge on any atom is 0.0785 e. The lowest BCUT2D eigenvalue weighted by Crippen LogP contribution is -2.25. The molecule has 1 atom stereocenters. The number of anilines is 3. The molecule has 19 heavy (non-hydrogen) atoms. The van der Waals surface area contributed by atoms with Crippen molar-refractivity contribution in [3.05, 3.63) is 18.2 Å². The molecule has 0 aliphatic carbocycles. The lowest BCUT2D eigenvalue weighted by atomic mass is 9.91. The number of hydrogen-bond donors (Lipinski definition) is 2. The third-order valence-corrected chi connectivity index (χ3v) is 4.11. The summed E-state index contributed by atoms with van der Waals surface area (Å²) in [6.07, 6.45) is 5.22. The number of para-hydroxylation sites is 1. The van der Waals surface area contributed by atoms with Gasteiger partial charge in [-0.3, -0.25) is 0 Å². The minimum Gasteiger partial charge on any atom is -0.397 e. The van der Waals surface area contributed by atoms with Crippen LogP contribution in [0.3, 0.4) is 0 Å². The van der Waals surface area contributed by atoms with Gasteiger partial charge in [0.1, 0.15) is 0 Å². The van der Waals surface area contributed by atoms with Crippen LogP contribution in [0.15, 0.2) is 18.2 Å². The maximum absolute atomic E-state index is 6.11. The van der Waals surface area contributed by atoms with Crippen molar-refractivity contribution < 1.29 is 0 Å². The molecular formula is C16H27N3. The zero-order valence-electron chi connectivity index (χ0n) is 12.2. The molecule has 1 unspecified atom stereocenters. The Kier molecular flexibility index (Phi) is 4.56. The molecule has 0 bridgehead atoms. The molecule has 106 valence electrons. The highest BCUT2D eigenvalue weighted by atomic mass is 15.1. The molecule has 0 radical (unpaired) electrons. The highest BCUT2D eigenvalue weighted by molar-refractivity contribution is 5.79. The van der Waals surface area contributed by atoms with Crippen molar-refractivity contribution >= 4 is 17.1 Å². The Hall–Kier alpha value is -1.38. The molecule has 1 fully saturated rings. The molecule has 1 saturated heterocycles. The number of rotatable bonds is 3. The fourth-order valence-corrected chi connectivity index (χ4v) is 3.15. The average molecular weight is 261 g/mol. The normalized spacial score (nSPS) is 20.6. The van der Waals surface area contributed by atoms with Gasteiger partial charge in [-0.2, -0.15) is 0 Å². The lowest BCUT2D eigenvalue weighted by Gasteiger charge is -2.25. The van der Waals surface area contributed by atoms with Gasteiger partial charge in [0.2, 0.25) is 0 Å². The van der Waals surface area contributed by atoms with Crippen molar-refractivity contribution in [1.82, 2.24) is 0 Å². The topological polar surface area (TPSA) is 55.3 Å². The summed E-state index contributed by atoms with van der Waals surface area (Å²) in [5.41, 5.74) is 14.6. The van der Waals surface area contributed by atoms with E-state index in [4.69, 9.17) is 11.5 Å². The monoisotopic (exact) mass is 261 g/mol. The molecule has 3 nitrogen and oxygen atoms in total. The van der Waals surface area contributed by atoms with E-state index in [1.54, 1.807) is 0 Å². The van der Waals surface area contributed by atoms with Crippen LogP contribution in [0.25, 0.3) is 0 Å². The molecule has 1 heterocycles. The zero-order valence-corrected chi connectivity index (χ0v) is 12.2. The first-order chi connectivity index (χ1) is 9.08. The Morgan fingerprint density at radius 3 is 2.74 bits per heavy atom.